The number of non-ortho nitro benzene ring substituents is 1. The van der Waals surface area contributed by atoms with Crippen molar-refractivity contribution < 1.29 is 23.7 Å². The Balaban J connectivity index is 1.18. The fourth-order valence-electron chi connectivity index (χ4n) is 5.00. The number of nitro groups is 1. The van der Waals surface area contributed by atoms with Crippen LogP contribution in [0.4, 0.5) is 20.9 Å². The minimum Gasteiger partial charge on any atom is -0.321 e. The fraction of sp³-hybridized carbons (Fsp3) is 0.0256. The molecule has 1 atom stereocenters. The second-order valence-electron chi connectivity index (χ2n) is 11.2. The predicted octanol–water partition coefficient (Wildman–Crippen LogP) is 9.39. The average molecular weight is 764 g/mol. The van der Waals surface area contributed by atoms with Gasteiger partial charge in [0.2, 0.25) is 5.91 Å². The summed E-state index contributed by atoms with van der Waals surface area (Å²) in [6, 6.07) is 34.4. The summed E-state index contributed by atoms with van der Waals surface area (Å²) >= 11 is 8.69. The number of thioether (sulfide) groups is 1. The molecule has 6 aromatic rings. The van der Waals surface area contributed by atoms with Gasteiger partial charge < -0.3 is 16.0 Å². The number of nitrogens with one attached hydrogen (secondary N) is 3. The van der Waals surface area contributed by atoms with Crippen LogP contribution in [-0.4, -0.2) is 27.6 Å². The molecule has 14 heteroatoms. The lowest BCUT2D eigenvalue weighted by atomic mass is 10.1. The van der Waals surface area contributed by atoms with Crippen LogP contribution >= 0.6 is 34.7 Å². The summed E-state index contributed by atoms with van der Waals surface area (Å²) in [5.41, 5.74) is 2.08. The second-order valence-corrected chi connectivity index (χ2v) is 13.7. The Bertz CT molecular complexity index is 2300. The highest BCUT2D eigenvalue weighted by Crippen LogP contribution is 2.37. The number of carbonyl (C=O) groups is 3. The smallest absolute Gasteiger partial charge is 0.272 e. The third kappa shape index (κ3) is 9.40. The van der Waals surface area contributed by atoms with E-state index in [9.17, 15) is 28.9 Å². The molecule has 0 radical (unpaired) electrons. The molecule has 0 spiro atoms. The quantitative estimate of drug-likeness (QED) is 0.0488. The third-order valence-electron chi connectivity index (χ3n) is 7.61. The van der Waals surface area contributed by atoms with E-state index in [2.05, 4.69) is 20.9 Å². The Morgan fingerprint density at radius 3 is 2.26 bits per heavy atom. The first-order valence-corrected chi connectivity index (χ1v) is 17.9. The van der Waals surface area contributed by atoms with Crippen LogP contribution in [-0.2, 0) is 9.59 Å². The van der Waals surface area contributed by atoms with E-state index in [1.165, 1.54) is 59.5 Å². The minimum atomic E-state index is -0.719. The van der Waals surface area contributed by atoms with E-state index in [0.717, 1.165) is 5.56 Å². The lowest BCUT2D eigenvalue weighted by Gasteiger charge is -2.17. The number of nitro benzene ring substituents is 1. The van der Waals surface area contributed by atoms with E-state index in [-0.39, 0.29) is 27.9 Å². The van der Waals surface area contributed by atoms with Crippen molar-refractivity contribution in [3.05, 3.63) is 176 Å². The van der Waals surface area contributed by atoms with Crippen molar-refractivity contribution in [2.24, 2.45) is 0 Å². The number of halogens is 2. The highest BCUT2D eigenvalue weighted by atomic mass is 35.5. The summed E-state index contributed by atoms with van der Waals surface area (Å²) in [6.07, 6.45) is 1.18. The van der Waals surface area contributed by atoms with Gasteiger partial charge in [-0.2, -0.15) is 0 Å². The second kappa shape index (κ2) is 16.9. The van der Waals surface area contributed by atoms with Crippen molar-refractivity contribution in [3.63, 3.8) is 0 Å². The topological polar surface area (TPSA) is 143 Å². The number of benzene rings is 5. The summed E-state index contributed by atoms with van der Waals surface area (Å²) < 4.78 is 14.7. The SMILES string of the molecule is O=C(Nc1ccc(SC(C(=O)Nc2nc(-c3cccc([N+](=O)[O-])c3)cs2)c2ccccc2)cc1)/C(=C/c1c(F)cccc1Cl)NC(=O)c1ccccc1. The Kier molecular flexibility index (Phi) is 11.7. The molecule has 0 fully saturated rings. The molecule has 3 amide bonds. The number of hydrogen-bond acceptors (Lipinski definition) is 8. The van der Waals surface area contributed by atoms with Crippen LogP contribution in [0.1, 0.15) is 26.7 Å². The number of thiazole rings is 1. The molecule has 1 heterocycles. The zero-order valence-corrected chi connectivity index (χ0v) is 29.8. The van der Waals surface area contributed by atoms with Gasteiger partial charge in [0.05, 0.1) is 15.6 Å². The largest absolute Gasteiger partial charge is 0.321 e. The molecule has 0 aliphatic rings. The first-order chi connectivity index (χ1) is 25.6. The average Bonchev–Trinajstić information content (AvgIpc) is 3.64. The van der Waals surface area contributed by atoms with Crippen LogP contribution in [0, 0.1) is 15.9 Å². The fourth-order valence-corrected chi connectivity index (χ4v) is 6.97. The predicted molar refractivity (Wildman–Crippen MR) is 206 cm³/mol. The van der Waals surface area contributed by atoms with Gasteiger partial charge in [-0.3, -0.25) is 24.5 Å². The molecule has 0 saturated carbocycles. The van der Waals surface area contributed by atoms with Gasteiger partial charge >= 0.3 is 0 Å². The van der Waals surface area contributed by atoms with Gasteiger partial charge in [0.15, 0.2) is 5.13 Å². The summed E-state index contributed by atoms with van der Waals surface area (Å²) in [5, 5.41) is 20.8. The summed E-state index contributed by atoms with van der Waals surface area (Å²) in [7, 11) is 0. The molecule has 0 aliphatic carbocycles. The molecule has 53 heavy (non-hydrogen) atoms. The Labute approximate surface area is 315 Å². The van der Waals surface area contributed by atoms with Crippen LogP contribution in [0.5, 0.6) is 0 Å². The summed E-state index contributed by atoms with van der Waals surface area (Å²) in [4.78, 5) is 56.1. The van der Waals surface area contributed by atoms with Crippen molar-refractivity contribution in [2.45, 2.75) is 10.1 Å². The van der Waals surface area contributed by atoms with E-state index >= 15 is 0 Å². The van der Waals surface area contributed by atoms with E-state index in [4.69, 9.17) is 11.6 Å². The van der Waals surface area contributed by atoms with Crippen molar-refractivity contribution in [2.75, 3.05) is 10.6 Å². The molecular formula is C39H27ClFN5O5S2. The van der Waals surface area contributed by atoms with Gasteiger partial charge in [0.1, 0.15) is 16.8 Å². The molecular weight excluding hydrogens is 737 g/mol. The highest BCUT2D eigenvalue weighted by molar-refractivity contribution is 8.00. The normalized spacial score (nSPS) is 11.7. The number of hydrogen-bond donors (Lipinski definition) is 3. The van der Waals surface area contributed by atoms with E-state index in [0.29, 0.717) is 32.5 Å². The van der Waals surface area contributed by atoms with Gasteiger partial charge in [0, 0.05) is 44.8 Å². The van der Waals surface area contributed by atoms with Crippen LogP contribution in [0.15, 0.2) is 143 Å². The molecule has 1 unspecified atom stereocenters. The number of nitrogens with zero attached hydrogens (tertiary/aromatic N) is 2. The summed E-state index contributed by atoms with van der Waals surface area (Å²) in [6.45, 7) is 0. The van der Waals surface area contributed by atoms with Gasteiger partial charge in [-0.1, -0.05) is 78.3 Å². The van der Waals surface area contributed by atoms with Gasteiger partial charge in [-0.15, -0.1) is 23.1 Å². The number of amides is 3. The summed E-state index contributed by atoms with van der Waals surface area (Å²) in [5.74, 6) is -2.31. The first-order valence-electron chi connectivity index (χ1n) is 15.8. The molecule has 0 bridgehead atoms. The van der Waals surface area contributed by atoms with E-state index < -0.39 is 27.8 Å². The standard InChI is InChI=1S/C39H27ClFN5O5S2/c40-31-15-8-16-32(41)30(31)22-33(43-36(47)25-11-5-2-6-12-25)37(48)42-27-17-19-29(20-18-27)53-35(24-9-3-1-4-10-24)38(49)45-39-44-34(23-52-39)26-13-7-14-28(21-26)46(50)51/h1-23,35H,(H,42,48)(H,43,47)(H,44,45,49)/b33-22-. The Morgan fingerprint density at radius 2 is 1.57 bits per heavy atom. The molecule has 264 valence electrons. The maximum atomic E-state index is 14.7. The molecule has 10 nitrogen and oxygen atoms in total. The molecule has 6 rings (SSSR count). The van der Waals surface area contributed by atoms with Crippen LogP contribution < -0.4 is 16.0 Å². The molecule has 5 aromatic carbocycles. The van der Waals surface area contributed by atoms with Crippen molar-refractivity contribution >= 4 is 75.0 Å². The Morgan fingerprint density at radius 1 is 0.868 bits per heavy atom. The third-order valence-corrected chi connectivity index (χ3v) is 9.96. The minimum absolute atomic E-state index is 0.0559. The number of rotatable bonds is 12. The van der Waals surface area contributed by atoms with Crippen molar-refractivity contribution in [3.8, 4) is 11.3 Å². The monoisotopic (exact) mass is 763 g/mol. The maximum Gasteiger partial charge on any atom is 0.272 e. The maximum absolute atomic E-state index is 14.7. The van der Waals surface area contributed by atoms with Gasteiger partial charge in [-0.05, 0) is 60.2 Å². The molecule has 1 aromatic heterocycles. The van der Waals surface area contributed by atoms with Crippen LogP contribution in [0.3, 0.4) is 0 Å². The van der Waals surface area contributed by atoms with Gasteiger partial charge in [0.25, 0.3) is 17.5 Å². The zero-order valence-electron chi connectivity index (χ0n) is 27.4. The molecule has 0 aliphatic heterocycles. The van der Waals surface area contributed by atoms with Crippen LogP contribution in [0.2, 0.25) is 5.02 Å². The number of carbonyl (C=O) groups excluding carboxylic acids is 3. The van der Waals surface area contributed by atoms with Gasteiger partial charge in [-0.25, -0.2) is 9.37 Å². The van der Waals surface area contributed by atoms with E-state index in [1.807, 2.05) is 30.3 Å². The zero-order chi connectivity index (χ0) is 37.3. The van der Waals surface area contributed by atoms with Crippen LogP contribution in [0.25, 0.3) is 17.3 Å². The van der Waals surface area contributed by atoms with Crippen molar-refractivity contribution in [1.82, 2.24) is 10.3 Å². The van der Waals surface area contributed by atoms with Crippen molar-refractivity contribution in [1.29, 1.82) is 0 Å². The molecule has 3 N–H and O–H groups in total. The highest BCUT2D eigenvalue weighted by Gasteiger charge is 2.24. The molecule has 0 saturated heterocycles. The lowest BCUT2D eigenvalue weighted by Crippen LogP contribution is -2.30. The first kappa shape index (κ1) is 36.6. The number of anilines is 2. The lowest BCUT2D eigenvalue weighted by molar-refractivity contribution is -0.384. The Hall–Kier alpha value is -6.15. The van der Waals surface area contributed by atoms with E-state index in [1.54, 1.807) is 72.1 Å². The number of aromatic nitrogens is 1.